The summed E-state index contributed by atoms with van der Waals surface area (Å²) in [5.41, 5.74) is 0. The zero-order valence-corrected chi connectivity index (χ0v) is 7.57. The van der Waals surface area contributed by atoms with Gasteiger partial charge in [0.1, 0.15) is 0 Å². The SMILES string of the molecule is C[Si](C)(C)C1(CO)CC1. The van der Waals surface area contributed by atoms with E-state index < -0.39 is 8.07 Å². The maximum atomic E-state index is 9.03. The molecule has 1 aliphatic rings. The first-order valence-corrected chi connectivity index (χ1v) is 7.13. The van der Waals surface area contributed by atoms with Crippen molar-refractivity contribution in [3.63, 3.8) is 0 Å². The van der Waals surface area contributed by atoms with Gasteiger partial charge in [0, 0.05) is 6.61 Å². The van der Waals surface area contributed by atoms with Gasteiger partial charge in [0.05, 0.1) is 8.07 Å². The third kappa shape index (κ3) is 1.06. The maximum absolute atomic E-state index is 9.03. The lowest BCUT2D eigenvalue weighted by atomic mass is 10.4. The highest BCUT2D eigenvalue weighted by atomic mass is 28.3. The summed E-state index contributed by atoms with van der Waals surface area (Å²) in [5, 5.41) is 9.45. The van der Waals surface area contributed by atoms with Gasteiger partial charge in [-0.15, -0.1) is 0 Å². The van der Waals surface area contributed by atoms with Crippen molar-refractivity contribution in [3.05, 3.63) is 0 Å². The van der Waals surface area contributed by atoms with Crippen LogP contribution >= 0.6 is 0 Å². The average molecular weight is 144 g/mol. The predicted octanol–water partition coefficient (Wildman–Crippen LogP) is 1.85. The van der Waals surface area contributed by atoms with Gasteiger partial charge >= 0.3 is 0 Å². The normalized spacial score (nSPS) is 24.0. The largest absolute Gasteiger partial charge is 0.396 e. The Bertz CT molecular complexity index is 111. The first kappa shape index (κ1) is 7.29. The quantitative estimate of drug-likeness (QED) is 0.586. The van der Waals surface area contributed by atoms with E-state index in [9.17, 15) is 0 Å². The molecule has 1 aliphatic carbocycles. The van der Waals surface area contributed by atoms with Gasteiger partial charge in [0.2, 0.25) is 0 Å². The molecule has 1 fully saturated rings. The summed E-state index contributed by atoms with van der Waals surface area (Å²) in [7, 11) is -1.02. The first-order chi connectivity index (χ1) is 4.02. The van der Waals surface area contributed by atoms with Crippen LogP contribution in [0.1, 0.15) is 12.8 Å². The minimum Gasteiger partial charge on any atom is -0.396 e. The molecule has 0 heterocycles. The summed E-state index contributed by atoms with van der Waals surface area (Å²) < 4.78 is 0. The molecular formula is C7H16OSi. The summed E-state index contributed by atoms with van der Waals surface area (Å²) in [5.74, 6) is 0. The van der Waals surface area contributed by atoms with Crippen LogP contribution in [-0.4, -0.2) is 19.8 Å². The van der Waals surface area contributed by atoms with Gasteiger partial charge < -0.3 is 5.11 Å². The van der Waals surface area contributed by atoms with Crippen LogP contribution in [0.2, 0.25) is 24.7 Å². The predicted molar refractivity (Wildman–Crippen MR) is 42.4 cm³/mol. The van der Waals surface area contributed by atoms with Crippen LogP contribution in [0.3, 0.4) is 0 Å². The molecule has 2 heteroatoms. The van der Waals surface area contributed by atoms with Gasteiger partial charge in [-0.2, -0.15) is 0 Å². The molecule has 0 amide bonds. The van der Waals surface area contributed by atoms with E-state index in [1.54, 1.807) is 0 Å². The van der Waals surface area contributed by atoms with Crippen LogP contribution in [0.5, 0.6) is 0 Å². The Morgan fingerprint density at radius 3 is 1.78 bits per heavy atom. The Hall–Kier alpha value is 0.177. The molecule has 0 bridgehead atoms. The third-order valence-electron chi connectivity index (χ3n) is 2.75. The van der Waals surface area contributed by atoms with Gasteiger partial charge in [-0.3, -0.25) is 0 Å². The monoisotopic (exact) mass is 144 g/mol. The van der Waals surface area contributed by atoms with E-state index in [4.69, 9.17) is 5.11 Å². The molecule has 0 radical (unpaired) electrons. The molecule has 0 aromatic carbocycles. The van der Waals surface area contributed by atoms with Crippen molar-refractivity contribution in [2.24, 2.45) is 0 Å². The molecule has 54 valence electrons. The van der Waals surface area contributed by atoms with Crippen LogP contribution in [0.25, 0.3) is 0 Å². The number of aliphatic hydroxyl groups excluding tert-OH is 1. The lowest BCUT2D eigenvalue weighted by molar-refractivity contribution is 0.279. The number of hydrogen-bond acceptors (Lipinski definition) is 1. The average Bonchev–Trinajstić information content (AvgIpc) is 2.40. The summed E-state index contributed by atoms with van der Waals surface area (Å²) in [6.07, 6.45) is 2.55. The van der Waals surface area contributed by atoms with Crippen molar-refractivity contribution in [2.75, 3.05) is 6.61 Å². The van der Waals surface area contributed by atoms with E-state index in [-0.39, 0.29) is 0 Å². The fraction of sp³-hybridized carbons (Fsp3) is 1.00. The molecule has 1 rings (SSSR count). The van der Waals surface area contributed by atoms with E-state index in [1.165, 1.54) is 12.8 Å². The Morgan fingerprint density at radius 1 is 1.33 bits per heavy atom. The van der Waals surface area contributed by atoms with Crippen LogP contribution in [0.15, 0.2) is 0 Å². The Balaban J connectivity index is 2.60. The Labute approximate surface area is 58.1 Å². The van der Waals surface area contributed by atoms with Crippen LogP contribution < -0.4 is 0 Å². The van der Waals surface area contributed by atoms with E-state index >= 15 is 0 Å². The van der Waals surface area contributed by atoms with E-state index in [1.807, 2.05) is 0 Å². The smallest absolute Gasteiger partial charge is 0.0534 e. The van der Waals surface area contributed by atoms with E-state index in [0.717, 1.165) is 0 Å². The topological polar surface area (TPSA) is 20.2 Å². The fourth-order valence-electron chi connectivity index (χ4n) is 1.30. The third-order valence-corrected chi connectivity index (χ3v) is 6.59. The molecule has 0 unspecified atom stereocenters. The minimum atomic E-state index is -1.02. The zero-order chi connectivity index (χ0) is 7.12. The highest BCUT2D eigenvalue weighted by Crippen LogP contribution is 2.59. The van der Waals surface area contributed by atoms with Gasteiger partial charge in [-0.25, -0.2) is 0 Å². The first-order valence-electron chi connectivity index (χ1n) is 3.63. The van der Waals surface area contributed by atoms with E-state index in [2.05, 4.69) is 19.6 Å². The van der Waals surface area contributed by atoms with Crippen molar-refractivity contribution in [1.29, 1.82) is 0 Å². The van der Waals surface area contributed by atoms with Gasteiger partial charge in [0.25, 0.3) is 0 Å². The van der Waals surface area contributed by atoms with Crippen molar-refractivity contribution in [2.45, 2.75) is 37.5 Å². The molecule has 0 atom stereocenters. The second-order valence-corrected chi connectivity index (χ2v) is 9.75. The van der Waals surface area contributed by atoms with Crippen LogP contribution in [-0.2, 0) is 0 Å². The fourth-order valence-corrected chi connectivity index (χ4v) is 3.40. The van der Waals surface area contributed by atoms with Crippen molar-refractivity contribution in [1.82, 2.24) is 0 Å². The summed E-state index contributed by atoms with van der Waals surface area (Å²) in [6, 6.07) is 0. The van der Waals surface area contributed by atoms with Gasteiger partial charge in [0.15, 0.2) is 0 Å². The number of aliphatic hydroxyl groups is 1. The summed E-state index contributed by atoms with van der Waals surface area (Å²) >= 11 is 0. The van der Waals surface area contributed by atoms with Crippen LogP contribution in [0, 0.1) is 0 Å². The molecule has 0 spiro atoms. The molecule has 0 saturated heterocycles. The lowest BCUT2D eigenvalue weighted by Gasteiger charge is -2.26. The van der Waals surface area contributed by atoms with Crippen molar-refractivity contribution in [3.8, 4) is 0 Å². The van der Waals surface area contributed by atoms with Crippen LogP contribution in [0.4, 0.5) is 0 Å². The highest BCUT2D eigenvalue weighted by Gasteiger charge is 2.52. The van der Waals surface area contributed by atoms with Gasteiger partial charge in [-0.05, 0) is 17.9 Å². The molecule has 1 saturated carbocycles. The zero-order valence-electron chi connectivity index (χ0n) is 6.57. The standard InChI is InChI=1S/C7H16OSi/c1-9(2,3)7(6-8)4-5-7/h8H,4-6H2,1-3H3. The summed E-state index contributed by atoms with van der Waals surface area (Å²) in [4.78, 5) is 0. The summed E-state index contributed by atoms with van der Waals surface area (Å²) in [6.45, 7) is 7.46. The lowest BCUT2D eigenvalue weighted by Crippen LogP contribution is -2.31. The molecule has 1 N–H and O–H groups in total. The molecule has 9 heavy (non-hydrogen) atoms. The molecule has 0 aromatic heterocycles. The van der Waals surface area contributed by atoms with Crippen molar-refractivity contribution >= 4 is 8.07 Å². The molecule has 1 nitrogen and oxygen atoms in total. The highest BCUT2D eigenvalue weighted by molar-refractivity contribution is 6.80. The Kier molecular flexibility index (Phi) is 1.48. The Morgan fingerprint density at radius 2 is 1.78 bits per heavy atom. The minimum absolute atomic E-state index is 0.424. The number of hydrogen-bond donors (Lipinski definition) is 1. The number of rotatable bonds is 2. The van der Waals surface area contributed by atoms with E-state index in [0.29, 0.717) is 11.6 Å². The maximum Gasteiger partial charge on any atom is 0.0534 e. The molecule has 0 aromatic rings. The van der Waals surface area contributed by atoms with Crippen molar-refractivity contribution < 1.29 is 5.11 Å². The molecular weight excluding hydrogens is 128 g/mol. The second-order valence-electron chi connectivity index (χ2n) is 4.19. The molecule has 0 aliphatic heterocycles. The second kappa shape index (κ2) is 1.83. The van der Waals surface area contributed by atoms with Gasteiger partial charge in [-0.1, -0.05) is 19.6 Å².